The maximum Gasteiger partial charge on any atom is 0.310 e. The van der Waals surface area contributed by atoms with Crippen molar-refractivity contribution in [3.05, 3.63) is 0 Å². The molecule has 0 spiro atoms. The van der Waals surface area contributed by atoms with Gasteiger partial charge < -0.3 is 5.11 Å². The first-order chi connectivity index (χ1) is 7.59. The lowest BCUT2D eigenvalue weighted by Gasteiger charge is -2.28. The number of rotatable bonds is 5. The molecule has 1 heterocycles. The highest BCUT2D eigenvalue weighted by Gasteiger charge is 2.46. The molecule has 2 aliphatic rings. The summed E-state index contributed by atoms with van der Waals surface area (Å²) < 4.78 is 0. The SMILES string of the molecule is CCCC1(C(=O)O)CCN(C(C)C2CC2)C1. The van der Waals surface area contributed by atoms with E-state index in [1.54, 1.807) is 0 Å². The Kier molecular flexibility index (Phi) is 3.24. The molecule has 3 nitrogen and oxygen atoms in total. The van der Waals surface area contributed by atoms with Crippen LogP contribution in [-0.4, -0.2) is 35.1 Å². The van der Waals surface area contributed by atoms with E-state index in [2.05, 4.69) is 18.7 Å². The summed E-state index contributed by atoms with van der Waals surface area (Å²) in [6.07, 6.45) is 5.32. The number of nitrogens with zero attached hydrogens (tertiary/aromatic N) is 1. The summed E-state index contributed by atoms with van der Waals surface area (Å²) in [6, 6.07) is 0.595. The highest BCUT2D eigenvalue weighted by Crippen LogP contribution is 2.41. The molecule has 16 heavy (non-hydrogen) atoms. The van der Waals surface area contributed by atoms with Crippen LogP contribution in [0.15, 0.2) is 0 Å². The van der Waals surface area contributed by atoms with Gasteiger partial charge in [0.05, 0.1) is 5.41 Å². The Balaban J connectivity index is 2.00. The van der Waals surface area contributed by atoms with Gasteiger partial charge in [-0.1, -0.05) is 13.3 Å². The molecule has 1 aliphatic heterocycles. The van der Waals surface area contributed by atoms with Gasteiger partial charge in [-0.05, 0) is 45.1 Å². The lowest BCUT2D eigenvalue weighted by molar-refractivity contribution is -0.148. The summed E-state index contributed by atoms with van der Waals surface area (Å²) >= 11 is 0. The van der Waals surface area contributed by atoms with Gasteiger partial charge in [0.2, 0.25) is 0 Å². The molecule has 2 rings (SSSR count). The van der Waals surface area contributed by atoms with Gasteiger partial charge in [0.15, 0.2) is 0 Å². The third-order valence-corrected chi connectivity index (χ3v) is 4.45. The van der Waals surface area contributed by atoms with Gasteiger partial charge in [0.25, 0.3) is 0 Å². The molecule has 3 heteroatoms. The van der Waals surface area contributed by atoms with Crippen LogP contribution in [0.1, 0.15) is 46.0 Å². The zero-order valence-electron chi connectivity index (χ0n) is 10.4. The van der Waals surface area contributed by atoms with Gasteiger partial charge in [-0.15, -0.1) is 0 Å². The first-order valence-electron chi connectivity index (χ1n) is 6.56. The van der Waals surface area contributed by atoms with Crippen molar-refractivity contribution < 1.29 is 9.90 Å². The van der Waals surface area contributed by atoms with E-state index in [4.69, 9.17) is 0 Å². The highest BCUT2D eigenvalue weighted by molar-refractivity contribution is 5.75. The Morgan fingerprint density at radius 1 is 1.56 bits per heavy atom. The largest absolute Gasteiger partial charge is 0.481 e. The summed E-state index contributed by atoms with van der Waals surface area (Å²) in [5, 5.41) is 9.42. The molecule has 1 saturated carbocycles. The van der Waals surface area contributed by atoms with Crippen LogP contribution in [0.2, 0.25) is 0 Å². The minimum absolute atomic E-state index is 0.447. The minimum Gasteiger partial charge on any atom is -0.481 e. The van der Waals surface area contributed by atoms with Crippen molar-refractivity contribution in [1.29, 1.82) is 0 Å². The number of carbonyl (C=O) groups is 1. The second-order valence-electron chi connectivity index (χ2n) is 5.63. The second-order valence-corrected chi connectivity index (χ2v) is 5.63. The Morgan fingerprint density at radius 3 is 2.75 bits per heavy atom. The number of carboxylic acids is 1. The zero-order chi connectivity index (χ0) is 11.8. The van der Waals surface area contributed by atoms with E-state index in [0.717, 1.165) is 38.3 Å². The van der Waals surface area contributed by atoms with Crippen molar-refractivity contribution in [2.24, 2.45) is 11.3 Å². The number of likely N-dealkylation sites (tertiary alicyclic amines) is 1. The molecular weight excluding hydrogens is 202 g/mol. The summed E-state index contributed by atoms with van der Waals surface area (Å²) in [4.78, 5) is 13.8. The summed E-state index contributed by atoms with van der Waals surface area (Å²) in [6.45, 7) is 6.09. The molecule has 0 aromatic heterocycles. The average molecular weight is 225 g/mol. The Labute approximate surface area is 97.8 Å². The van der Waals surface area contributed by atoms with Gasteiger partial charge in [-0.3, -0.25) is 9.69 Å². The van der Waals surface area contributed by atoms with Crippen LogP contribution in [0.25, 0.3) is 0 Å². The molecule has 1 aliphatic carbocycles. The van der Waals surface area contributed by atoms with E-state index in [9.17, 15) is 9.90 Å². The van der Waals surface area contributed by atoms with E-state index in [1.165, 1.54) is 12.8 Å². The van der Waals surface area contributed by atoms with Crippen molar-refractivity contribution in [1.82, 2.24) is 4.90 Å². The quantitative estimate of drug-likeness (QED) is 0.781. The summed E-state index contributed by atoms with van der Waals surface area (Å²) in [5.41, 5.74) is -0.447. The van der Waals surface area contributed by atoms with E-state index in [-0.39, 0.29) is 0 Å². The van der Waals surface area contributed by atoms with E-state index in [0.29, 0.717) is 6.04 Å². The predicted molar refractivity (Wildman–Crippen MR) is 63.4 cm³/mol. The lowest BCUT2D eigenvalue weighted by atomic mass is 9.82. The van der Waals surface area contributed by atoms with Gasteiger partial charge >= 0.3 is 5.97 Å². The molecule has 1 N–H and O–H groups in total. The Morgan fingerprint density at radius 2 is 2.25 bits per heavy atom. The molecule has 2 atom stereocenters. The van der Waals surface area contributed by atoms with Crippen molar-refractivity contribution in [2.75, 3.05) is 13.1 Å². The third-order valence-electron chi connectivity index (χ3n) is 4.45. The monoisotopic (exact) mass is 225 g/mol. The van der Waals surface area contributed by atoms with Crippen LogP contribution >= 0.6 is 0 Å². The van der Waals surface area contributed by atoms with Crippen LogP contribution in [0, 0.1) is 11.3 Å². The molecule has 0 aromatic carbocycles. The topological polar surface area (TPSA) is 40.5 Å². The van der Waals surface area contributed by atoms with Gasteiger partial charge in [-0.2, -0.15) is 0 Å². The zero-order valence-corrected chi connectivity index (χ0v) is 10.4. The molecule has 1 saturated heterocycles. The molecular formula is C13H23NO2. The number of carboxylic acid groups (broad SMARTS) is 1. The fourth-order valence-electron chi connectivity index (χ4n) is 3.09. The Hall–Kier alpha value is -0.570. The third kappa shape index (κ3) is 2.10. The van der Waals surface area contributed by atoms with Crippen LogP contribution in [0.4, 0.5) is 0 Å². The smallest absolute Gasteiger partial charge is 0.310 e. The fraction of sp³-hybridized carbons (Fsp3) is 0.923. The number of hydrogen-bond donors (Lipinski definition) is 1. The standard InChI is InChI=1S/C13H23NO2/c1-3-6-13(12(15)16)7-8-14(9-13)10(2)11-4-5-11/h10-11H,3-9H2,1-2H3,(H,15,16). The summed E-state index contributed by atoms with van der Waals surface area (Å²) in [7, 11) is 0. The maximum absolute atomic E-state index is 11.4. The first-order valence-corrected chi connectivity index (χ1v) is 6.56. The van der Waals surface area contributed by atoms with Crippen molar-refractivity contribution in [2.45, 2.75) is 52.0 Å². The second kappa shape index (κ2) is 4.36. The molecule has 0 amide bonds. The molecule has 2 fully saturated rings. The van der Waals surface area contributed by atoms with Gasteiger partial charge in [-0.25, -0.2) is 0 Å². The summed E-state index contributed by atoms with van der Waals surface area (Å²) in [5.74, 6) is 0.256. The Bertz CT molecular complexity index is 275. The first kappa shape index (κ1) is 11.9. The van der Waals surface area contributed by atoms with Crippen LogP contribution in [0.5, 0.6) is 0 Å². The molecule has 0 aromatic rings. The van der Waals surface area contributed by atoms with Gasteiger partial charge in [0.1, 0.15) is 0 Å². The van der Waals surface area contributed by atoms with Crippen molar-refractivity contribution >= 4 is 5.97 Å². The van der Waals surface area contributed by atoms with E-state index in [1.807, 2.05) is 0 Å². The van der Waals surface area contributed by atoms with Crippen molar-refractivity contribution in [3.8, 4) is 0 Å². The van der Waals surface area contributed by atoms with E-state index >= 15 is 0 Å². The average Bonchev–Trinajstić information content (AvgIpc) is 2.99. The lowest BCUT2D eigenvalue weighted by Crippen LogP contribution is -2.38. The normalized spacial score (nSPS) is 32.9. The molecule has 92 valence electrons. The number of hydrogen-bond acceptors (Lipinski definition) is 2. The molecule has 0 bridgehead atoms. The maximum atomic E-state index is 11.4. The van der Waals surface area contributed by atoms with Crippen LogP contribution in [-0.2, 0) is 4.79 Å². The predicted octanol–water partition coefficient (Wildman–Crippen LogP) is 2.36. The highest BCUT2D eigenvalue weighted by atomic mass is 16.4. The van der Waals surface area contributed by atoms with Crippen LogP contribution in [0.3, 0.4) is 0 Å². The van der Waals surface area contributed by atoms with Crippen molar-refractivity contribution in [3.63, 3.8) is 0 Å². The van der Waals surface area contributed by atoms with Gasteiger partial charge in [0, 0.05) is 12.6 Å². The van der Waals surface area contributed by atoms with Crippen LogP contribution < -0.4 is 0 Å². The van der Waals surface area contributed by atoms with E-state index < -0.39 is 11.4 Å². The fourth-order valence-corrected chi connectivity index (χ4v) is 3.09. The number of aliphatic carboxylic acids is 1. The molecule has 0 radical (unpaired) electrons. The minimum atomic E-state index is -0.583. The molecule has 2 unspecified atom stereocenters.